The Balaban J connectivity index is 0.000000829. The molecule has 0 bridgehead atoms. The minimum atomic E-state index is 0.0150. The largest absolute Gasteiger partial charge is 0.459 e. The van der Waals surface area contributed by atoms with E-state index in [4.69, 9.17) is 4.42 Å². The highest BCUT2D eigenvalue weighted by Gasteiger charge is 2.22. The molecular weight excluding hydrogens is 252 g/mol. The molecule has 1 amide bonds. The zero-order chi connectivity index (χ0) is 15.4. The second-order valence-electron chi connectivity index (χ2n) is 4.11. The molecule has 0 spiro atoms. The van der Waals surface area contributed by atoms with Gasteiger partial charge in [0.15, 0.2) is 5.76 Å². The average Bonchev–Trinajstić information content (AvgIpc) is 3.06. The molecule has 2 rings (SSSR count). The lowest BCUT2D eigenvalue weighted by atomic mass is 10.2. The normalized spacial score (nSPS) is 14.8. The summed E-state index contributed by atoms with van der Waals surface area (Å²) in [6.07, 6.45) is 2.71. The fraction of sp³-hybridized carbons (Fsp3) is 0.688. The van der Waals surface area contributed by atoms with Gasteiger partial charge in [-0.2, -0.15) is 0 Å². The molecule has 20 heavy (non-hydrogen) atoms. The van der Waals surface area contributed by atoms with E-state index in [1.807, 2.05) is 32.6 Å². The molecule has 1 saturated heterocycles. The summed E-state index contributed by atoms with van der Waals surface area (Å²) in [6, 6.07) is 3.47. The molecule has 116 valence electrons. The van der Waals surface area contributed by atoms with Gasteiger partial charge in [0.25, 0.3) is 5.91 Å². The minimum Gasteiger partial charge on any atom is -0.459 e. The smallest absolute Gasteiger partial charge is 0.289 e. The van der Waals surface area contributed by atoms with E-state index in [1.54, 1.807) is 18.4 Å². The Morgan fingerprint density at radius 2 is 1.75 bits per heavy atom. The van der Waals surface area contributed by atoms with Gasteiger partial charge >= 0.3 is 0 Å². The van der Waals surface area contributed by atoms with Crippen molar-refractivity contribution < 1.29 is 9.21 Å². The van der Waals surface area contributed by atoms with Crippen LogP contribution in [0.4, 0.5) is 0 Å². The molecule has 1 aliphatic rings. The zero-order valence-electron chi connectivity index (χ0n) is 13.7. The number of piperazine rings is 1. The van der Waals surface area contributed by atoms with Crippen molar-refractivity contribution in [1.82, 2.24) is 9.80 Å². The van der Waals surface area contributed by atoms with Crippen molar-refractivity contribution in [2.75, 3.05) is 32.7 Å². The van der Waals surface area contributed by atoms with Crippen LogP contribution in [-0.4, -0.2) is 48.4 Å². The summed E-state index contributed by atoms with van der Waals surface area (Å²) in [5.74, 6) is 0.463. The molecule has 1 aromatic heterocycles. The number of rotatable bonds is 3. The van der Waals surface area contributed by atoms with Crippen LogP contribution in [0.5, 0.6) is 0 Å². The third-order valence-corrected chi connectivity index (χ3v) is 2.93. The summed E-state index contributed by atoms with van der Waals surface area (Å²) in [5, 5.41) is 0. The predicted molar refractivity (Wildman–Crippen MR) is 84.0 cm³/mol. The Morgan fingerprint density at radius 1 is 1.15 bits per heavy atom. The summed E-state index contributed by atoms with van der Waals surface area (Å²) in [7, 11) is 0. The van der Waals surface area contributed by atoms with Gasteiger partial charge in [-0.05, 0) is 25.1 Å². The van der Waals surface area contributed by atoms with Crippen LogP contribution in [0.2, 0.25) is 0 Å². The van der Waals surface area contributed by atoms with Crippen molar-refractivity contribution in [3.63, 3.8) is 0 Å². The van der Waals surface area contributed by atoms with Gasteiger partial charge in [0.2, 0.25) is 0 Å². The topological polar surface area (TPSA) is 36.7 Å². The highest BCUT2D eigenvalue weighted by molar-refractivity contribution is 5.91. The highest BCUT2D eigenvalue weighted by Crippen LogP contribution is 2.09. The summed E-state index contributed by atoms with van der Waals surface area (Å²) in [4.78, 5) is 16.2. The van der Waals surface area contributed by atoms with Crippen LogP contribution in [0, 0.1) is 0 Å². The number of carbonyl (C=O) groups excluding carboxylic acids is 1. The lowest BCUT2D eigenvalue weighted by Crippen LogP contribution is -2.48. The van der Waals surface area contributed by atoms with Crippen LogP contribution in [0.25, 0.3) is 0 Å². The number of amides is 1. The first-order valence-electron chi connectivity index (χ1n) is 7.86. The van der Waals surface area contributed by atoms with Gasteiger partial charge in [0, 0.05) is 26.2 Å². The van der Waals surface area contributed by atoms with Crippen molar-refractivity contribution in [2.45, 2.75) is 41.0 Å². The van der Waals surface area contributed by atoms with Crippen molar-refractivity contribution in [3.8, 4) is 0 Å². The SMILES string of the molecule is CC.CC.CCCN1CCN(C(=O)c2ccco2)CC1. The van der Waals surface area contributed by atoms with Crippen LogP contribution in [0.3, 0.4) is 0 Å². The van der Waals surface area contributed by atoms with Gasteiger partial charge in [-0.25, -0.2) is 0 Å². The minimum absolute atomic E-state index is 0.0150. The first-order chi connectivity index (χ1) is 9.81. The van der Waals surface area contributed by atoms with Crippen molar-refractivity contribution in [3.05, 3.63) is 24.2 Å². The van der Waals surface area contributed by atoms with E-state index in [9.17, 15) is 4.79 Å². The molecule has 4 heteroatoms. The number of furan rings is 1. The van der Waals surface area contributed by atoms with E-state index in [0.717, 1.165) is 32.7 Å². The van der Waals surface area contributed by atoms with Gasteiger partial charge in [-0.1, -0.05) is 34.6 Å². The van der Waals surface area contributed by atoms with Crippen molar-refractivity contribution in [2.24, 2.45) is 0 Å². The molecule has 0 radical (unpaired) electrons. The highest BCUT2D eigenvalue weighted by atomic mass is 16.3. The van der Waals surface area contributed by atoms with Gasteiger partial charge in [-0.15, -0.1) is 0 Å². The fourth-order valence-corrected chi connectivity index (χ4v) is 2.05. The van der Waals surface area contributed by atoms with E-state index in [1.165, 1.54) is 6.42 Å². The Kier molecular flexibility index (Phi) is 10.8. The third-order valence-electron chi connectivity index (χ3n) is 2.93. The second kappa shape index (κ2) is 11.5. The van der Waals surface area contributed by atoms with Crippen LogP contribution in [0.15, 0.2) is 22.8 Å². The Morgan fingerprint density at radius 3 is 2.20 bits per heavy atom. The molecule has 0 aromatic carbocycles. The molecule has 1 fully saturated rings. The summed E-state index contributed by atoms with van der Waals surface area (Å²) < 4.78 is 5.12. The molecule has 0 aliphatic carbocycles. The maximum absolute atomic E-state index is 11.9. The molecule has 0 saturated carbocycles. The number of nitrogens with zero attached hydrogens (tertiary/aromatic N) is 2. The molecule has 1 aromatic rings. The van der Waals surface area contributed by atoms with E-state index >= 15 is 0 Å². The maximum Gasteiger partial charge on any atom is 0.289 e. The van der Waals surface area contributed by atoms with Crippen LogP contribution >= 0.6 is 0 Å². The molecular formula is C16H30N2O2. The second-order valence-corrected chi connectivity index (χ2v) is 4.11. The third kappa shape index (κ3) is 5.78. The molecule has 0 N–H and O–H groups in total. The molecule has 0 unspecified atom stereocenters. The lowest BCUT2D eigenvalue weighted by molar-refractivity contribution is 0.0606. The number of hydrogen-bond donors (Lipinski definition) is 0. The monoisotopic (exact) mass is 282 g/mol. The van der Waals surface area contributed by atoms with Gasteiger partial charge in [0.1, 0.15) is 0 Å². The van der Waals surface area contributed by atoms with E-state index in [-0.39, 0.29) is 5.91 Å². The average molecular weight is 282 g/mol. The van der Waals surface area contributed by atoms with Gasteiger partial charge in [0.05, 0.1) is 6.26 Å². The first kappa shape index (κ1) is 18.7. The Bertz CT molecular complexity index is 328. The van der Waals surface area contributed by atoms with Gasteiger partial charge in [-0.3, -0.25) is 9.69 Å². The summed E-state index contributed by atoms with van der Waals surface area (Å²) in [5.41, 5.74) is 0. The molecule has 0 atom stereocenters. The van der Waals surface area contributed by atoms with Crippen molar-refractivity contribution >= 4 is 5.91 Å². The van der Waals surface area contributed by atoms with E-state index in [0.29, 0.717) is 5.76 Å². The summed E-state index contributed by atoms with van der Waals surface area (Å²) in [6.45, 7) is 14.9. The number of hydrogen-bond acceptors (Lipinski definition) is 3. The standard InChI is InChI=1S/C12H18N2O2.2C2H6/c1-2-5-13-6-8-14(9-7-13)12(15)11-4-3-10-16-11;2*1-2/h3-4,10H,2,5-9H2,1H3;2*1-2H3. The van der Waals surface area contributed by atoms with Gasteiger partial charge < -0.3 is 9.32 Å². The lowest BCUT2D eigenvalue weighted by Gasteiger charge is -2.34. The quantitative estimate of drug-likeness (QED) is 0.851. The predicted octanol–water partition coefficient (Wildman–Crippen LogP) is 3.50. The number of carbonyl (C=O) groups is 1. The van der Waals surface area contributed by atoms with E-state index < -0.39 is 0 Å². The first-order valence-corrected chi connectivity index (χ1v) is 7.86. The maximum atomic E-state index is 11.9. The zero-order valence-corrected chi connectivity index (χ0v) is 13.7. The Hall–Kier alpha value is -1.29. The molecule has 4 nitrogen and oxygen atoms in total. The van der Waals surface area contributed by atoms with Crippen LogP contribution in [0.1, 0.15) is 51.6 Å². The fourth-order valence-electron chi connectivity index (χ4n) is 2.05. The van der Waals surface area contributed by atoms with Crippen LogP contribution < -0.4 is 0 Å². The Labute approximate surface area is 123 Å². The van der Waals surface area contributed by atoms with E-state index in [2.05, 4.69) is 11.8 Å². The van der Waals surface area contributed by atoms with Crippen LogP contribution in [-0.2, 0) is 0 Å². The summed E-state index contributed by atoms with van der Waals surface area (Å²) >= 11 is 0. The van der Waals surface area contributed by atoms with Crippen molar-refractivity contribution in [1.29, 1.82) is 0 Å². The molecule has 2 heterocycles. The molecule has 1 aliphatic heterocycles.